The minimum absolute atomic E-state index is 0.0676. The van der Waals surface area contributed by atoms with Crippen LogP contribution in [0.25, 0.3) is 0 Å². The number of amides is 1. The number of aliphatic carboxylic acids is 1. The Morgan fingerprint density at radius 2 is 1.76 bits per heavy atom. The molecule has 1 heterocycles. The molecule has 1 amide bonds. The van der Waals surface area contributed by atoms with E-state index in [1.165, 1.54) is 18.7 Å². The highest BCUT2D eigenvalue weighted by Gasteiger charge is 2.55. The number of thioether (sulfide) groups is 1. The zero-order valence-electron chi connectivity index (χ0n) is 20.3. The second-order valence-corrected chi connectivity index (χ2v) is 17.2. The zero-order valence-corrected chi connectivity index (χ0v) is 22.9. The molecule has 0 bridgehead atoms. The maximum absolute atomic E-state index is 13.3. The van der Waals surface area contributed by atoms with Gasteiger partial charge in [0.25, 0.3) is 0 Å². The highest BCUT2D eigenvalue weighted by molar-refractivity contribution is 8.00. The van der Waals surface area contributed by atoms with Crippen molar-refractivity contribution in [3.63, 3.8) is 0 Å². The fourth-order valence-corrected chi connectivity index (χ4v) is 6.68. The lowest BCUT2D eigenvalue weighted by Gasteiger charge is -2.50. The van der Waals surface area contributed by atoms with Gasteiger partial charge in [-0.1, -0.05) is 50.7 Å². The standard InChI is InChI=1S/C22H33NO7S2Si/c1-14(30-33(7,8)22(3,4)5)17-19(24)23(20(17)31-16-12-10-9-11-13-16)18(21(25)26)15(2)29-32(6,27)28/h9-14,17,20H,1-8H3,(H,25,26)/b18-15+/t14-,17+,20-/m1/s1. The van der Waals surface area contributed by atoms with Crippen molar-refractivity contribution >= 4 is 42.1 Å². The molecule has 0 aliphatic carbocycles. The van der Waals surface area contributed by atoms with E-state index in [-0.39, 0.29) is 10.8 Å². The molecule has 8 nitrogen and oxygen atoms in total. The van der Waals surface area contributed by atoms with E-state index in [1.54, 1.807) is 0 Å². The van der Waals surface area contributed by atoms with E-state index in [1.807, 2.05) is 37.3 Å². The molecule has 11 heteroatoms. The highest BCUT2D eigenvalue weighted by atomic mass is 32.2. The van der Waals surface area contributed by atoms with Gasteiger partial charge in [-0.15, -0.1) is 0 Å². The van der Waals surface area contributed by atoms with Gasteiger partial charge in [0.2, 0.25) is 5.91 Å². The summed E-state index contributed by atoms with van der Waals surface area (Å²) in [4.78, 5) is 27.3. The number of β-lactam (4-membered cyclic amide) rings is 1. The number of carboxylic acid groups (broad SMARTS) is 1. The molecule has 1 saturated heterocycles. The Morgan fingerprint density at radius 3 is 2.21 bits per heavy atom. The van der Waals surface area contributed by atoms with Crippen LogP contribution in [0.1, 0.15) is 34.6 Å². The third-order valence-electron chi connectivity index (χ3n) is 5.93. The maximum atomic E-state index is 13.3. The summed E-state index contributed by atoms with van der Waals surface area (Å²) in [5, 5.41) is 9.16. The molecule has 33 heavy (non-hydrogen) atoms. The molecule has 2 rings (SSSR count). The summed E-state index contributed by atoms with van der Waals surface area (Å²) in [5.41, 5.74) is -0.491. The van der Waals surface area contributed by atoms with Crippen molar-refractivity contribution in [1.82, 2.24) is 4.90 Å². The quantitative estimate of drug-likeness (QED) is 0.171. The lowest BCUT2D eigenvalue weighted by molar-refractivity contribution is -0.157. The molecule has 184 valence electrons. The molecule has 1 aliphatic heterocycles. The van der Waals surface area contributed by atoms with Crippen LogP contribution in [0.2, 0.25) is 18.1 Å². The summed E-state index contributed by atoms with van der Waals surface area (Å²) < 4.78 is 34.5. The number of carbonyl (C=O) groups excluding carboxylic acids is 1. The first-order valence-corrected chi connectivity index (χ1v) is 16.1. The van der Waals surface area contributed by atoms with Crippen molar-refractivity contribution in [3.05, 3.63) is 41.8 Å². The number of carboxylic acids is 1. The third-order valence-corrected chi connectivity index (χ3v) is 12.3. The summed E-state index contributed by atoms with van der Waals surface area (Å²) in [6.45, 7) is 13.6. The summed E-state index contributed by atoms with van der Waals surface area (Å²) in [6, 6.07) is 9.30. The highest BCUT2D eigenvalue weighted by Crippen LogP contribution is 2.46. The Hall–Kier alpha value is -1.82. The first kappa shape index (κ1) is 27.4. The second kappa shape index (κ2) is 9.81. The molecular formula is C22H33NO7S2Si. The fourth-order valence-electron chi connectivity index (χ4n) is 3.33. The number of hydrogen-bond donors (Lipinski definition) is 1. The van der Waals surface area contributed by atoms with Gasteiger partial charge in [-0.2, -0.15) is 8.42 Å². The minimum atomic E-state index is -3.97. The van der Waals surface area contributed by atoms with Gasteiger partial charge >= 0.3 is 16.1 Å². The fraction of sp³-hybridized carbons (Fsp3) is 0.545. The molecule has 3 atom stereocenters. The van der Waals surface area contributed by atoms with Crippen LogP contribution in [-0.2, 0) is 28.3 Å². The normalized spacial score (nSPS) is 21.2. The predicted molar refractivity (Wildman–Crippen MR) is 130 cm³/mol. The van der Waals surface area contributed by atoms with Gasteiger partial charge in [-0.25, -0.2) is 4.79 Å². The summed E-state index contributed by atoms with van der Waals surface area (Å²) in [7, 11) is -6.17. The number of hydrogen-bond acceptors (Lipinski definition) is 7. The van der Waals surface area contributed by atoms with Crippen molar-refractivity contribution in [2.24, 2.45) is 5.92 Å². The Labute approximate surface area is 201 Å². The van der Waals surface area contributed by atoms with Crippen LogP contribution in [0.3, 0.4) is 0 Å². The molecule has 0 radical (unpaired) electrons. The number of carbonyl (C=O) groups is 2. The molecule has 0 unspecified atom stereocenters. The first-order valence-electron chi connectivity index (χ1n) is 10.5. The SMILES string of the molecule is C/C(OS(C)(=O)=O)=C(/C(=O)O)N1C(=O)[C@H]([C@@H](C)O[Si](C)(C)C(C)(C)C)[C@H]1Sc1ccccc1. The van der Waals surface area contributed by atoms with E-state index in [0.717, 1.165) is 16.1 Å². The van der Waals surface area contributed by atoms with Crippen LogP contribution < -0.4 is 0 Å². The largest absolute Gasteiger partial charge is 0.476 e. The molecule has 1 fully saturated rings. The smallest absolute Gasteiger partial charge is 0.356 e. The van der Waals surface area contributed by atoms with E-state index in [4.69, 9.17) is 8.61 Å². The molecular weight excluding hydrogens is 482 g/mol. The molecule has 0 spiro atoms. The van der Waals surface area contributed by atoms with Crippen LogP contribution in [-0.4, -0.2) is 56.4 Å². The predicted octanol–water partition coefficient (Wildman–Crippen LogP) is 4.27. The Balaban J connectivity index is 2.48. The van der Waals surface area contributed by atoms with Crippen LogP contribution in [0.4, 0.5) is 0 Å². The molecule has 0 saturated carbocycles. The van der Waals surface area contributed by atoms with Gasteiger partial charge in [0.15, 0.2) is 14.0 Å². The lowest BCUT2D eigenvalue weighted by atomic mass is 9.92. The third kappa shape index (κ3) is 6.40. The van der Waals surface area contributed by atoms with Crippen molar-refractivity contribution in [2.75, 3.05) is 6.26 Å². The summed E-state index contributed by atoms with van der Waals surface area (Å²) in [6.07, 6.45) is 0.365. The molecule has 1 aromatic rings. The average Bonchev–Trinajstić information content (AvgIpc) is 2.63. The first-order chi connectivity index (χ1) is 15.0. The maximum Gasteiger partial charge on any atom is 0.356 e. The van der Waals surface area contributed by atoms with Crippen molar-refractivity contribution in [3.8, 4) is 0 Å². The summed E-state index contributed by atoms with van der Waals surface area (Å²) in [5.74, 6) is -2.86. The molecule has 1 N–H and O–H groups in total. The van der Waals surface area contributed by atoms with Gasteiger partial charge < -0.3 is 13.7 Å². The van der Waals surface area contributed by atoms with Gasteiger partial charge in [-0.3, -0.25) is 9.69 Å². The number of rotatable bonds is 9. The number of benzene rings is 1. The van der Waals surface area contributed by atoms with Crippen LogP contribution >= 0.6 is 11.8 Å². The monoisotopic (exact) mass is 515 g/mol. The zero-order chi connectivity index (χ0) is 25.4. The van der Waals surface area contributed by atoms with E-state index >= 15 is 0 Å². The Morgan fingerprint density at radius 1 is 1.21 bits per heavy atom. The minimum Gasteiger partial charge on any atom is -0.476 e. The topological polar surface area (TPSA) is 110 Å². The summed E-state index contributed by atoms with van der Waals surface area (Å²) >= 11 is 1.33. The second-order valence-electron chi connectivity index (χ2n) is 9.64. The number of allylic oxidation sites excluding steroid dienone is 1. The van der Waals surface area contributed by atoms with Crippen LogP contribution in [0.15, 0.2) is 46.7 Å². The van der Waals surface area contributed by atoms with E-state index < -0.39 is 53.4 Å². The van der Waals surface area contributed by atoms with Crippen molar-refractivity contribution in [2.45, 2.75) is 69.1 Å². The van der Waals surface area contributed by atoms with Gasteiger partial charge in [0, 0.05) is 4.90 Å². The van der Waals surface area contributed by atoms with Crippen molar-refractivity contribution in [1.29, 1.82) is 0 Å². The lowest BCUT2D eigenvalue weighted by Crippen LogP contribution is -2.64. The van der Waals surface area contributed by atoms with Gasteiger partial charge in [0.05, 0.1) is 18.3 Å². The van der Waals surface area contributed by atoms with E-state index in [9.17, 15) is 23.1 Å². The number of nitrogens with zero attached hydrogens (tertiary/aromatic N) is 1. The Bertz CT molecular complexity index is 1030. The molecule has 1 aliphatic rings. The van der Waals surface area contributed by atoms with Gasteiger partial charge in [0.1, 0.15) is 11.1 Å². The van der Waals surface area contributed by atoms with E-state index in [2.05, 4.69) is 33.9 Å². The average molecular weight is 516 g/mol. The van der Waals surface area contributed by atoms with Crippen LogP contribution in [0, 0.1) is 5.92 Å². The van der Waals surface area contributed by atoms with Gasteiger partial charge in [-0.05, 0) is 44.1 Å². The Kier molecular flexibility index (Phi) is 8.15. The van der Waals surface area contributed by atoms with Crippen LogP contribution in [0.5, 0.6) is 0 Å². The van der Waals surface area contributed by atoms with E-state index in [0.29, 0.717) is 0 Å². The van der Waals surface area contributed by atoms with Crippen molar-refractivity contribution < 1.29 is 31.7 Å². The molecule has 1 aromatic carbocycles. The molecule has 0 aromatic heterocycles. The number of likely N-dealkylation sites (tertiary alicyclic amines) is 1.